The van der Waals surface area contributed by atoms with Crippen LogP contribution in [-0.2, 0) is 105 Å². The van der Waals surface area contributed by atoms with Crippen molar-refractivity contribution in [3.63, 3.8) is 0 Å². The minimum Gasteiger partial charge on any atom is -0.393 e. The van der Waals surface area contributed by atoms with Crippen molar-refractivity contribution in [2.24, 2.45) is 0 Å². The summed E-state index contributed by atoms with van der Waals surface area (Å²) in [7, 11) is 0. The van der Waals surface area contributed by atoms with Crippen LogP contribution in [0.3, 0.4) is 0 Å². The van der Waals surface area contributed by atoms with Gasteiger partial charge in [-0.1, -0.05) is 115 Å². The molecule has 138 heavy (non-hydrogen) atoms. The molecule has 0 saturated heterocycles. The average Bonchev–Trinajstić information content (AvgIpc) is 0.799. The second-order valence-electron chi connectivity index (χ2n) is 31.1. The van der Waals surface area contributed by atoms with Crippen molar-refractivity contribution in [1.82, 2.24) is 39.9 Å². The molecule has 16 aromatic rings. The first kappa shape index (κ1) is 118. The van der Waals surface area contributed by atoms with Gasteiger partial charge in [-0.25, -0.2) is 4.39 Å². The number of hydrogen-bond acceptors (Lipinski definition) is 16. The standard InChI is InChI=1S/2C22H11F6N2.C20H11F2N2.C20H13N2.4C5H12O2.4Ir/c2*23-21(24,25)15-9-5-13(6-10-15)19-20(30-18-4-2-1-3-17(18)29-19)14-7-11-16(12-8-14)22(26,27)28;21-15-9-5-13(6-10-15)19-20(14-7-11-16(22)12-8-14)24-18-4-2-1-3-17(18)23-19;1-3-9-15(10-4-1)19-20(16-11-5-2-6-12-16)22-18-14-8-7-13-17(18)21-19;4*1-4(6)3-5(2)7;;;;/h2*1-7,9-12H;1-7,9-12H;1-11,13-14H;4*4-7H,3H2,1-2H3;;;;/q4*-1;;;;;;;;. The van der Waals surface area contributed by atoms with Crippen LogP contribution in [0.1, 0.15) is 103 Å². The molecule has 4 heterocycles. The van der Waals surface area contributed by atoms with E-state index in [0.29, 0.717) is 75.8 Å². The molecule has 8 N–H and O–H groups in total. The molecule has 16 rings (SSSR count). The van der Waals surface area contributed by atoms with E-state index in [9.17, 15) is 61.5 Å². The Morgan fingerprint density at radius 3 is 0.630 bits per heavy atom. The van der Waals surface area contributed by atoms with Gasteiger partial charge in [0.1, 0.15) is 5.82 Å². The van der Waals surface area contributed by atoms with E-state index in [1.165, 1.54) is 60.7 Å². The molecule has 16 nitrogen and oxygen atoms in total. The number of fused-ring (bicyclic) bond motifs is 4. The Morgan fingerprint density at radius 1 is 0.217 bits per heavy atom. The summed E-state index contributed by atoms with van der Waals surface area (Å²) >= 11 is 0. The number of aromatic nitrogens is 8. The van der Waals surface area contributed by atoms with Crippen molar-refractivity contribution in [3.05, 3.63) is 337 Å². The quantitative estimate of drug-likeness (QED) is 0.0330. The number of nitrogens with zero attached hydrogens (tertiary/aromatic N) is 8. The van der Waals surface area contributed by atoms with Crippen LogP contribution in [0, 0.1) is 35.9 Å². The van der Waals surface area contributed by atoms with Crippen LogP contribution in [0.5, 0.6) is 0 Å². The van der Waals surface area contributed by atoms with Crippen LogP contribution < -0.4 is 0 Å². The molecule has 8 atom stereocenters. The minimum atomic E-state index is -4.51. The Balaban J connectivity index is 0.000000295. The van der Waals surface area contributed by atoms with Gasteiger partial charge in [-0.05, 0) is 199 Å². The summed E-state index contributed by atoms with van der Waals surface area (Å²) in [4.78, 5) is 37.0. The number of aliphatic hydroxyl groups is 8. The maximum absolute atomic E-state index is 13.2. The molecule has 0 bridgehead atoms. The molecular formula is C104H94F14Ir4N8O8-4. The molecule has 8 unspecified atom stereocenters. The van der Waals surface area contributed by atoms with Gasteiger partial charge in [0.05, 0.1) is 127 Å². The topological polar surface area (TPSA) is 265 Å². The monoisotopic (exact) mass is 2620 g/mol. The molecule has 4 radical (unpaired) electrons. The molecular weight excluding hydrogens is 2520 g/mol. The molecule has 0 amide bonds. The number of para-hydroxylation sites is 8. The number of hydrogen-bond donors (Lipinski definition) is 8. The van der Waals surface area contributed by atoms with E-state index in [1.807, 2.05) is 91.0 Å². The summed E-state index contributed by atoms with van der Waals surface area (Å²) in [5.74, 6) is -0.682. The molecule has 0 saturated carbocycles. The van der Waals surface area contributed by atoms with E-state index >= 15 is 0 Å². The third-order valence-electron chi connectivity index (χ3n) is 18.9. The van der Waals surface area contributed by atoms with Gasteiger partial charge in [-0.15, -0.1) is 125 Å². The van der Waals surface area contributed by atoms with Crippen molar-refractivity contribution in [3.8, 4) is 90.1 Å². The molecule has 0 aliphatic rings. The largest absolute Gasteiger partial charge is 0.416 e. The summed E-state index contributed by atoms with van der Waals surface area (Å²) in [6, 6.07) is 83.3. The van der Waals surface area contributed by atoms with Gasteiger partial charge >= 0.3 is 24.7 Å². The third kappa shape index (κ3) is 36.8. The van der Waals surface area contributed by atoms with E-state index in [1.54, 1.807) is 122 Å². The van der Waals surface area contributed by atoms with Crippen LogP contribution in [-0.4, -0.2) is 130 Å². The number of benzene rings is 12. The fourth-order valence-corrected chi connectivity index (χ4v) is 13.0. The van der Waals surface area contributed by atoms with E-state index < -0.39 is 47.0 Å². The Kier molecular flexibility index (Phi) is 47.2. The molecule has 0 aliphatic carbocycles. The van der Waals surface area contributed by atoms with Gasteiger partial charge in [0, 0.05) is 109 Å². The zero-order chi connectivity index (χ0) is 97.8. The van der Waals surface area contributed by atoms with Crippen molar-refractivity contribution in [1.29, 1.82) is 0 Å². The summed E-state index contributed by atoms with van der Waals surface area (Å²) in [6.45, 7) is 13.3. The van der Waals surface area contributed by atoms with E-state index in [4.69, 9.17) is 50.8 Å². The SMILES string of the molecule is CC(O)CC(C)O.CC(O)CC(C)O.CC(O)CC(C)O.CC(O)CC(C)O.FC(F)(F)c1c[c-]c(-c2nc3ccccc3nc2-c2ccc(C(F)(F)F)cc2)cc1.FC(F)(F)c1c[c-]c(-c2nc3ccccc3nc2-c2ccc(C(F)(F)F)cc2)cc1.Fc1c[c-]c(-c2nc3ccccc3nc2-c2ccc(F)cc2)cc1.[Ir].[Ir].[Ir].[Ir].[c-]1ccccc1-c1nc2ccccc2nc1-c1ccccc1. The maximum atomic E-state index is 13.2. The van der Waals surface area contributed by atoms with Crippen LogP contribution in [0.15, 0.2) is 279 Å². The molecule has 736 valence electrons. The average molecular weight is 2620 g/mol. The van der Waals surface area contributed by atoms with Crippen LogP contribution in [0.4, 0.5) is 61.5 Å². The third-order valence-corrected chi connectivity index (χ3v) is 18.9. The number of rotatable bonds is 16. The molecule has 12 aromatic carbocycles. The van der Waals surface area contributed by atoms with Gasteiger partial charge in [-0.2, -0.15) is 52.7 Å². The normalized spacial score (nSPS) is 12.8. The molecule has 4 aromatic heterocycles. The fourth-order valence-electron chi connectivity index (χ4n) is 13.0. The molecule has 34 heteroatoms. The van der Waals surface area contributed by atoms with Crippen molar-refractivity contribution in [2.45, 2.75) is 155 Å². The Bertz CT molecular complexity index is 5740. The summed E-state index contributed by atoms with van der Waals surface area (Å²) in [5.41, 5.74) is 10.4. The Morgan fingerprint density at radius 2 is 0.420 bits per heavy atom. The number of halogens is 14. The van der Waals surface area contributed by atoms with Gasteiger partial charge in [0.2, 0.25) is 0 Å². The first-order valence-electron chi connectivity index (χ1n) is 41.9. The minimum absolute atomic E-state index is 0. The second-order valence-corrected chi connectivity index (χ2v) is 31.1. The van der Waals surface area contributed by atoms with Gasteiger partial charge in [0.25, 0.3) is 0 Å². The van der Waals surface area contributed by atoms with Crippen LogP contribution in [0.25, 0.3) is 134 Å². The van der Waals surface area contributed by atoms with E-state index in [-0.39, 0.29) is 175 Å². The second kappa shape index (κ2) is 55.3. The maximum Gasteiger partial charge on any atom is 0.416 e. The zero-order valence-electron chi connectivity index (χ0n) is 74.8. The predicted molar refractivity (Wildman–Crippen MR) is 489 cm³/mol. The van der Waals surface area contributed by atoms with Gasteiger partial charge in [-0.3, -0.25) is 44.3 Å². The molecule has 0 aliphatic heterocycles. The Hall–Kier alpha value is -10.7. The van der Waals surface area contributed by atoms with Crippen LogP contribution in [0.2, 0.25) is 0 Å². The van der Waals surface area contributed by atoms with Gasteiger partial charge in [0.15, 0.2) is 0 Å². The van der Waals surface area contributed by atoms with E-state index in [0.717, 1.165) is 98.7 Å². The van der Waals surface area contributed by atoms with Crippen molar-refractivity contribution in [2.75, 3.05) is 0 Å². The summed E-state index contributed by atoms with van der Waals surface area (Å²) in [6.07, 6.45) is -19.1. The summed E-state index contributed by atoms with van der Waals surface area (Å²) < 4.78 is 181. The number of aliphatic hydroxyl groups excluding tert-OH is 8. The smallest absolute Gasteiger partial charge is 0.393 e. The first-order valence-corrected chi connectivity index (χ1v) is 41.9. The van der Waals surface area contributed by atoms with Crippen molar-refractivity contribution >= 4 is 44.1 Å². The Labute approximate surface area is 842 Å². The first-order chi connectivity index (χ1) is 63.4. The molecule has 0 fully saturated rings. The number of alkyl halides is 12. The zero-order valence-corrected chi connectivity index (χ0v) is 84.4. The molecule has 0 spiro atoms. The van der Waals surface area contributed by atoms with Crippen molar-refractivity contribution < 1.29 is 183 Å². The van der Waals surface area contributed by atoms with Crippen LogP contribution >= 0.6 is 0 Å². The predicted octanol–water partition coefficient (Wildman–Crippen LogP) is 24.0. The van der Waals surface area contributed by atoms with E-state index in [2.05, 4.69) is 66.3 Å². The summed E-state index contributed by atoms with van der Waals surface area (Å²) in [5, 5.41) is 68.5. The van der Waals surface area contributed by atoms with Gasteiger partial charge < -0.3 is 40.9 Å². The fraction of sp³-hybridized carbons (Fsp3) is 0.231.